The lowest BCUT2D eigenvalue weighted by molar-refractivity contribution is 0.154. The van der Waals surface area contributed by atoms with E-state index in [1.165, 1.54) is 12.1 Å². The maximum Gasteiger partial charge on any atom is 0.142 e. The molecule has 0 aromatic heterocycles. The van der Waals surface area contributed by atoms with E-state index in [2.05, 4.69) is 5.32 Å². The smallest absolute Gasteiger partial charge is 0.142 e. The molecular formula is C13H18Cl2FNO. The summed E-state index contributed by atoms with van der Waals surface area (Å²) in [5.41, 5.74) is 0.299. The first-order valence-electron chi connectivity index (χ1n) is 5.76. The van der Waals surface area contributed by atoms with Crippen molar-refractivity contribution in [2.75, 3.05) is 13.2 Å². The van der Waals surface area contributed by atoms with Crippen LogP contribution in [-0.2, 0) is 0 Å². The number of aliphatic hydroxyl groups excluding tert-OH is 1. The zero-order valence-corrected chi connectivity index (χ0v) is 12.2. The highest BCUT2D eigenvalue weighted by Gasteiger charge is 2.21. The zero-order valence-electron chi connectivity index (χ0n) is 10.7. The van der Waals surface area contributed by atoms with Crippen molar-refractivity contribution >= 4 is 23.2 Å². The van der Waals surface area contributed by atoms with Gasteiger partial charge in [-0.25, -0.2) is 4.39 Å². The molecule has 1 aromatic rings. The predicted octanol–water partition coefficient (Wildman–Crippen LogP) is 3.80. The highest BCUT2D eigenvalue weighted by Crippen LogP contribution is 2.32. The molecule has 0 aliphatic heterocycles. The van der Waals surface area contributed by atoms with Crippen LogP contribution in [0.5, 0.6) is 0 Å². The maximum atomic E-state index is 13.4. The van der Waals surface area contributed by atoms with Crippen LogP contribution in [0.2, 0.25) is 10.0 Å². The Kier molecular flexibility index (Phi) is 5.41. The van der Waals surface area contributed by atoms with Crippen LogP contribution in [0.15, 0.2) is 12.1 Å². The summed E-state index contributed by atoms with van der Waals surface area (Å²) in [7, 11) is 0. The number of rotatable bonds is 5. The first-order chi connectivity index (χ1) is 8.28. The molecule has 0 spiro atoms. The van der Waals surface area contributed by atoms with Gasteiger partial charge in [-0.05, 0) is 19.1 Å². The normalized spacial score (nSPS) is 13.7. The molecule has 0 bridgehead atoms. The number of hydrogen-bond donors (Lipinski definition) is 2. The molecule has 1 rings (SSSR count). The van der Waals surface area contributed by atoms with E-state index in [1.807, 2.05) is 20.8 Å². The van der Waals surface area contributed by atoms with E-state index in [0.29, 0.717) is 17.1 Å². The molecular weight excluding hydrogens is 276 g/mol. The molecule has 0 fully saturated rings. The maximum absolute atomic E-state index is 13.4. The van der Waals surface area contributed by atoms with Crippen LogP contribution >= 0.6 is 23.2 Å². The third-order valence-corrected chi connectivity index (χ3v) is 3.54. The average Bonchev–Trinajstić information content (AvgIpc) is 2.32. The number of aliphatic hydroxyl groups is 1. The molecule has 1 unspecified atom stereocenters. The lowest BCUT2D eigenvalue weighted by Crippen LogP contribution is -2.34. The van der Waals surface area contributed by atoms with Crippen molar-refractivity contribution in [2.45, 2.75) is 26.8 Å². The predicted molar refractivity (Wildman–Crippen MR) is 73.7 cm³/mol. The van der Waals surface area contributed by atoms with Gasteiger partial charge < -0.3 is 10.4 Å². The second-order valence-corrected chi connectivity index (χ2v) is 5.97. The number of halogens is 3. The number of hydrogen-bond acceptors (Lipinski definition) is 2. The third kappa shape index (κ3) is 3.82. The van der Waals surface area contributed by atoms with Crippen LogP contribution in [-0.4, -0.2) is 18.3 Å². The summed E-state index contributed by atoms with van der Waals surface area (Å²) in [5, 5.41) is 12.9. The highest BCUT2D eigenvalue weighted by molar-refractivity contribution is 6.36. The van der Waals surface area contributed by atoms with Gasteiger partial charge in [0.25, 0.3) is 0 Å². The van der Waals surface area contributed by atoms with Gasteiger partial charge in [0, 0.05) is 35.2 Å². The SMILES string of the molecule is CC(NCC(C)(C)CO)c1c(Cl)ccc(F)c1Cl. The molecule has 1 aromatic carbocycles. The van der Waals surface area contributed by atoms with Crippen molar-refractivity contribution in [2.24, 2.45) is 5.41 Å². The van der Waals surface area contributed by atoms with E-state index in [1.54, 1.807) is 0 Å². The lowest BCUT2D eigenvalue weighted by atomic mass is 9.94. The van der Waals surface area contributed by atoms with Crippen LogP contribution in [0, 0.1) is 11.2 Å². The first kappa shape index (κ1) is 15.7. The fourth-order valence-electron chi connectivity index (χ4n) is 1.53. The van der Waals surface area contributed by atoms with Gasteiger partial charge >= 0.3 is 0 Å². The second-order valence-electron chi connectivity index (χ2n) is 5.18. The fraction of sp³-hybridized carbons (Fsp3) is 0.538. The van der Waals surface area contributed by atoms with Gasteiger partial charge in [0.15, 0.2) is 0 Å². The summed E-state index contributed by atoms with van der Waals surface area (Å²) in [6.45, 7) is 6.37. The number of benzene rings is 1. The molecule has 0 aliphatic rings. The molecule has 0 saturated heterocycles. The van der Waals surface area contributed by atoms with E-state index < -0.39 is 5.82 Å². The lowest BCUT2D eigenvalue weighted by Gasteiger charge is -2.26. The Morgan fingerprint density at radius 3 is 2.56 bits per heavy atom. The van der Waals surface area contributed by atoms with E-state index in [0.717, 1.165) is 0 Å². The molecule has 0 amide bonds. The Morgan fingerprint density at radius 1 is 1.39 bits per heavy atom. The van der Waals surface area contributed by atoms with Crippen molar-refractivity contribution in [1.29, 1.82) is 0 Å². The summed E-state index contributed by atoms with van der Waals surface area (Å²) < 4.78 is 13.4. The zero-order chi connectivity index (χ0) is 13.9. The van der Waals surface area contributed by atoms with E-state index >= 15 is 0 Å². The van der Waals surface area contributed by atoms with Gasteiger partial charge in [0.05, 0.1) is 5.02 Å². The molecule has 0 saturated carbocycles. The second kappa shape index (κ2) is 6.20. The summed E-state index contributed by atoms with van der Waals surface area (Å²) in [4.78, 5) is 0. The Labute approximate surface area is 117 Å². The molecule has 0 radical (unpaired) electrons. The minimum Gasteiger partial charge on any atom is -0.396 e. The van der Waals surface area contributed by atoms with Crippen LogP contribution in [0.1, 0.15) is 32.4 Å². The monoisotopic (exact) mass is 293 g/mol. The quantitative estimate of drug-likeness (QED) is 0.810. The van der Waals surface area contributed by atoms with E-state index in [9.17, 15) is 9.50 Å². The van der Waals surface area contributed by atoms with Crippen molar-refractivity contribution in [3.63, 3.8) is 0 Å². The van der Waals surface area contributed by atoms with Crippen molar-refractivity contribution in [3.05, 3.63) is 33.6 Å². The summed E-state index contributed by atoms with van der Waals surface area (Å²) in [5.74, 6) is -0.480. The summed E-state index contributed by atoms with van der Waals surface area (Å²) in [6, 6.07) is 2.55. The Morgan fingerprint density at radius 2 is 2.00 bits per heavy atom. The molecule has 0 heterocycles. The third-order valence-electron chi connectivity index (χ3n) is 2.83. The van der Waals surface area contributed by atoms with E-state index in [4.69, 9.17) is 23.2 Å². The van der Waals surface area contributed by atoms with Gasteiger partial charge in [-0.3, -0.25) is 0 Å². The molecule has 18 heavy (non-hydrogen) atoms. The van der Waals surface area contributed by atoms with Gasteiger partial charge in [-0.1, -0.05) is 37.0 Å². The van der Waals surface area contributed by atoms with Gasteiger partial charge in [0.1, 0.15) is 5.82 Å². The molecule has 1 atom stereocenters. The van der Waals surface area contributed by atoms with Crippen LogP contribution in [0.25, 0.3) is 0 Å². The summed E-state index contributed by atoms with van der Waals surface area (Å²) in [6.07, 6.45) is 0. The van der Waals surface area contributed by atoms with E-state index in [-0.39, 0.29) is 23.1 Å². The minimum absolute atomic E-state index is 0.0457. The fourth-order valence-corrected chi connectivity index (χ4v) is 2.23. The Bertz CT molecular complexity index is 424. The Balaban J connectivity index is 2.85. The molecule has 2 nitrogen and oxygen atoms in total. The molecule has 2 N–H and O–H groups in total. The number of nitrogens with one attached hydrogen (secondary N) is 1. The molecule has 0 aliphatic carbocycles. The van der Waals surface area contributed by atoms with Crippen molar-refractivity contribution in [1.82, 2.24) is 5.32 Å². The van der Waals surface area contributed by atoms with Gasteiger partial charge in [-0.2, -0.15) is 0 Å². The van der Waals surface area contributed by atoms with Crippen LogP contribution in [0.4, 0.5) is 4.39 Å². The summed E-state index contributed by atoms with van der Waals surface area (Å²) >= 11 is 12.0. The molecule has 5 heteroatoms. The standard InChI is InChI=1S/C13H18Cl2FNO/c1-8(17-6-13(2,3)7-18)11-9(14)4-5-10(16)12(11)15/h4-5,8,17-18H,6-7H2,1-3H3. The van der Waals surface area contributed by atoms with Crippen LogP contribution < -0.4 is 5.32 Å². The minimum atomic E-state index is -0.480. The molecule has 102 valence electrons. The van der Waals surface area contributed by atoms with Crippen LogP contribution in [0.3, 0.4) is 0 Å². The Hall–Kier alpha value is -0.350. The van der Waals surface area contributed by atoms with Gasteiger partial charge in [-0.15, -0.1) is 0 Å². The van der Waals surface area contributed by atoms with Crippen molar-refractivity contribution < 1.29 is 9.50 Å². The highest BCUT2D eigenvalue weighted by atomic mass is 35.5. The topological polar surface area (TPSA) is 32.3 Å². The van der Waals surface area contributed by atoms with Crippen molar-refractivity contribution in [3.8, 4) is 0 Å². The first-order valence-corrected chi connectivity index (χ1v) is 6.52. The largest absolute Gasteiger partial charge is 0.396 e. The van der Waals surface area contributed by atoms with Gasteiger partial charge in [0.2, 0.25) is 0 Å². The average molecular weight is 294 g/mol.